The van der Waals surface area contributed by atoms with Crippen molar-refractivity contribution in [1.29, 1.82) is 0 Å². The van der Waals surface area contributed by atoms with Gasteiger partial charge < -0.3 is 29.4 Å². The summed E-state index contributed by atoms with van der Waals surface area (Å²) >= 11 is 0. The average Bonchev–Trinajstić information content (AvgIpc) is 3.07. The molecule has 6 rings (SSSR count). The maximum Gasteiger partial charge on any atom is 0.335 e. The van der Waals surface area contributed by atoms with Crippen LogP contribution >= 0.6 is 0 Å². The van der Waals surface area contributed by atoms with Crippen LogP contribution in [0.3, 0.4) is 0 Å². The molecule has 2 aromatic heterocycles. The number of rotatable bonds is 11. The SMILES string of the molecule is COc1ncc(-c2cc(F)c3c(Nc4cc(Oc5cc(F)cc(F)c5)cc(C(=O)O)c4)c(S(=O)(=O)NC4CCOCC4)cnc3c2)c(OC)n1. The normalized spacial score (nSPS) is 13.6. The second-order valence-electron chi connectivity index (χ2n) is 11.0. The number of nitrogens with one attached hydrogen (secondary N) is 2. The minimum atomic E-state index is -4.38. The molecule has 0 bridgehead atoms. The minimum Gasteiger partial charge on any atom is -0.480 e. The van der Waals surface area contributed by atoms with Gasteiger partial charge in [-0.1, -0.05) is 0 Å². The van der Waals surface area contributed by atoms with E-state index in [9.17, 15) is 27.1 Å². The van der Waals surface area contributed by atoms with Gasteiger partial charge in [-0.25, -0.2) is 36.1 Å². The van der Waals surface area contributed by atoms with Crippen molar-refractivity contribution in [1.82, 2.24) is 19.7 Å². The van der Waals surface area contributed by atoms with Gasteiger partial charge in [0.15, 0.2) is 0 Å². The Balaban J connectivity index is 1.50. The molecule has 0 saturated carbocycles. The maximum absolute atomic E-state index is 16.3. The zero-order valence-electron chi connectivity index (χ0n) is 26.4. The van der Waals surface area contributed by atoms with E-state index in [1.54, 1.807) is 0 Å². The largest absolute Gasteiger partial charge is 0.480 e. The van der Waals surface area contributed by atoms with Crippen LogP contribution in [-0.4, -0.2) is 67.9 Å². The fourth-order valence-electron chi connectivity index (χ4n) is 5.36. The molecule has 0 aliphatic carbocycles. The van der Waals surface area contributed by atoms with Gasteiger partial charge in [0.25, 0.3) is 0 Å². The first-order valence-corrected chi connectivity index (χ1v) is 16.4. The van der Waals surface area contributed by atoms with E-state index in [1.807, 2.05) is 0 Å². The molecule has 0 unspecified atom stereocenters. The molecule has 1 aliphatic rings. The summed E-state index contributed by atoms with van der Waals surface area (Å²) in [7, 11) is -1.65. The zero-order valence-corrected chi connectivity index (χ0v) is 27.2. The number of carboxylic acids is 1. The first-order chi connectivity index (χ1) is 23.9. The number of fused-ring (bicyclic) bond motifs is 1. The van der Waals surface area contributed by atoms with Crippen LogP contribution in [0.1, 0.15) is 23.2 Å². The topological polar surface area (TPSA) is 171 Å². The van der Waals surface area contributed by atoms with Crippen molar-refractivity contribution < 1.29 is 50.4 Å². The van der Waals surface area contributed by atoms with E-state index in [0.717, 1.165) is 36.5 Å². The van der Waals surface area contributed by atoms with Crippen LogP contribution in [0.2, 0.25) is 0 Å². The lowest BCUT2D eigenvalue weighted by Crippen LogP contribution is -2.39. The number of halogens is 3. The lowest BCUT2D eigenvalue weighted by molar-refractivity contribution is 0.0696. The Labute approximate surface area is 283 Å². The monoisotopic (exact) mass is 711 g/mol. The molecule has 13 nitrogen and oxygen atoms in total. The van der Waals surface area contributed by atoms with Crippen LogP contribution in [-0.2, 0) is 14.8 Å². The highest BCUT2D eigenvalue weighted by Crippen LogP contribution is 2.39. The highest BCUT2D eigenvalue weighted by molar-refractivity contribution is 7.89. The van der Waals surface area contributed by atoms with Crippen LogP contribution in [0.25, 0.3) is 22.0 Å². The predicted octanol–water partition coefficient (Wildman–Crippen LogP) is 5.82. The Morgan fingerprint density at radius 1 is 0.920 bits per heavy atom. The first-order valence-electron chi connectivity index (χ1n) is 14.9. The molecule has 0 radical (unpaired) electrons. The molecule has 5 aromatic rings. The second-order valence-corrected chi connectivity index (χ2v) is 12.7. The van der Waals surface area contributed by atoms with Gasteiger partial charge in [-0.2, -0.15) is 4.98 Å². The van der Waals surface area contributed by atoms with E-state index in [4.69, 9.17) is 18.9 Å². The Hall–Kier alpha value is -5.52. The third-order valence-corrected chi connectivity index (χ3v) is 9.16. The van der Waals surface area contributed by atoms with Crippen molar-refractivity contribution in [2.45, 2.75) is 23.8 Å². The van der Waals surface area contributed by atoms with Gasteiger partial charge in [-0.05, 0) is 42.7 Å². The number of benzene rings is 3. The van der Waals surface area contributed by atoms with E-state index in [0.29, 0.717) is 32.1 Å². The molecular weight excluding hydrogens is 683 g/mol. The molecule has 3 heterocycles. The van der Waals surface area contributed by atoms with Gasteiger partial charge in [-0.3, -0.25) is 4.98 Å². The summed E-state index contributed by atoms with van der Waals surface area (Å²) in [6.07, 6.45) is 3.21. The third kappa shape index (κ3) is 7.39. The number of hydrogen-bond donors (Lipinski definition) is 3. The van der Waals surface area contributed by atoms with Gasteiger partial charge in [-0.15, -0.1) is 0 Å². The van der Waals surface area contributed by atoms with Gasteiger partial charge in [0.2, 0.25) is 15.9 Å². The number of nitrogens with zero attached hydrogens (tertiary/aromatic N) is 3. The molecule has 260 valence electrons. The van der Waals surface area contributed by atoms with Gasteiger partial charge in [0.05, 0.1) is 41.9 Å². The van der Waals surface area contributed by atoms with E-state index in [1.165, 1.54) is 32.5 Å². The van der Waals surface area contributed by atoms with Crippen LogP contribution in [0.5, 0.6) is 23.4 Å². The quantitative estimate of drug-likeness (QED) is 0.150. The van der Waals surface area contributed by atoms with Crippen molar-refractivity contribution in [2.75, 3.05) is 32.8 Å². The summed E-state index contributed by atoms with van der Waals surface area (Å²) in [5.74, 6) is -4.54. The number of pyridine rings is 1. The summed E-state index contributed by atoms with van der Waals surface area (Å²) in [4.78, 5) is 24.1. The molecule has 1 saturated heterocycles. The molecular formula is C33H28F3N5O8S. The molecule has 3 N–H and O–H groups in total. The summed E-state index contributed by atoms with van der Waals surface area (Å²) in [6.45, 7) is 0.675. The van der Waals surface area contributed by atoms with Crippen molar-refractivity contribution in [3.05, 3.63) is 83.9 Å². The van der Waals surface area contributed by atoms with Crippen LogP contribution in [0.15, 0.2) is 65.8 Å². The predicted molar refractivity (Wildman–Crippen MR) is 173 cm³/mol. The molecule has 17 heteroatoms. The van der Waals surface area contributed by atoms with E-state index in [-0.39, 0.29) is 62.4 Å². The number of methoxy groups -OCH3 is 2. The Morgan fingerprint density at radius 2 is 1.64 bits per heavy atom. The lowest BCUT2D eigenvalue weighted by atomic mass is 10.0. The maximum atomic E-state index is 16.3. The van der Waals surface area contributed by atoms with Crippen molar-refractivity contribution >= 4 is 38.3 Å². The molecule has 3 aromatic carbocycles. The number of aromatic nitrogens is 3. The fraction of sp³-hybridized carbons (Fsp3) is 0.212. The van der Waals surface area contributed by atoms with E-state index >= 15 is 4.39 Å². The average molecular weight is 712 g/mol. The smallest absolute Gasteiger partial charge is 0.335 e. The molecule has 1 fully saturated rings. The minimum absolute atomic E-state index is 0.00601. The van der Waals surface area contributed by atoms with E-state index in [2.05, 4.69) is 25.0 Å². The van der Waals surface area contributed by atoms with Crippen LogP contribution in [0.4, 0.5) is 24.5 Å². The number of hydrogen-bond acceptors (Lipinski definition) is 11. The van der Waals surface area contributed by atoms with Crippen molar-refractivity contribution in [3.63, 3.8) is 0 Å². The summed E-state index contributed by atoms with van der Waals surface area (Å²) in [5.41, 5.74) is -0.129. The second kappa shape index (κ2) is 14.1. The molecule has 1 aliphatic heterocycles. The molecule has 0 atom stereocenters. The Kier molecular flexibility index (Phi) is 9.72. The molecule has 0 amide bonds. The summed E-state index contributed by atoms with van der Waals surface area (Å²) < 4.78 is 95.7. The highest BCUT2D eigenvalue weighted by Gasteiger charge is 2.28. The van der Waals surface area contributed by atoms with Gasteiger partial charge >= 0.3 is 12.0 Å². The lowest BCUT2D eigenvalue weighted by Gasteiger charge is -2.24. The summed E-state index contributed by atoms with van der Waals surface area (Å²) in [6, 6.07) is 8.06. The highest BCUT2D eigenvalue weighted by atomic mass is 32.2. The number of carbonyl (C=O) groups is 1. The third-order valence-electron chi connectivity index (χ3n) is 7.63. The molecule has 50 heavy (non-hydrogen) atoms. The number of carboxylic acid groups (broad SMARTS) is 1. The fourth-order valence-corrected chi connectivity index (χ4v) is 6.78. The number of aromatic carboxylic acids is 1. The zero-order chi connectivity index (χ0) is 35.6. The van der Waals surface area contributed by atoms with Crippen LogP contribution < -0.4 is 24.2 Å². The Bertz CT molecular complexity index is 2200. The molecule has 0 spiro atoms. The van der Waals surface area contributed by atoms with Gasteiger partial charge in [0, 0.05) is 61.6 Å². The summed E-state index contributed by atoms with van der Waals surface area (Å²) in [5, 5.41) is 12.4. The van der Waals surface area contributed by atoms with Crippen LogP contribution in [0, 0.1) is 17.5 Å². The standard InChI is InChI=1S/C33H28F3N5O8S/c1-46-31-25(15-38-33(40-31)47-2)17-9-26(36)29-27(10-17)37-16-28(50(44,45)41-21-3-5-48-6-4-21)30(29)39-22-7-18(32(42)43)8-23(14-22)49-24-12-19(34)11-20(35)13-24/h7-16,21,41H,3-6H2,1-2H3,(H,37,39)(H,42,43). The number of ether oxygens (including phenoxy) is 4. The van der Waals surface area contributed by atoms with Gasteiger partial charge in [0.1, 0.15) is 33.8 Å². The van der Waals surface area contributed by atoms with E-state index < -0.39 is 44.4 Å². The number of sulfonamides is 1. The number of anilines is 2. The first kappa shape index (κ1) is 34.3. The van der Waals surface area contributed by atoms with Crippen molar-refractivity contribution in [2.24, 2.45) is 0 Å². The Morgan fingerprint density at radius 3 is 2.32 bits per heavy atom. The van der Waals surface area contributed by atoms with Crippen molar-refractivity contribution in [3.8, 4) is 34.5 Å².